The molecular weight excluding hydrogens is 312 g/mol. The van der Waals surface area contributed by atoms with Crippen molar-refractivity contribution in [2.75, 3.05) is 13.4 Å². The lowest BCUT2D eigenvalue weighted by Crippen LogP contribution is -2.17. The first-order valence-corrected chi connectivity index (χ1v) is 7.52. The van der Waals surface area contributed by atoms with Gasteiger partial charge in [-0.25, -0.2) is 4.79 Å². The summed E-state index contributed by atoms with van der Waals surface area (Å²) in [5, 5.41) is 0. The Morgan fingerprint density at radius 1 is 1.00 bits per heavy atom. The van der Waals surface area contributed by atoms with Gasteiger partial charge in [-0.3, -0.25) is 4.79 Å². The third kappa shape index (κ3) is 3.65. The molecule has 0 aliphatic carbocycles. The van der Waals surface area contributed by atoms with E-state index in [-0.39, 0.29) is 19.2 Å². The summed E-state index contributed by atoms with van der Waals surface area (Å²) in [5.74, 6) is 1.53. The van der Waals surface area contributed by atoms with Gasteiger partial charge in [0, 0.05) is 18.1 Å². The highest BCUT2D eigenvalue weighted by Crippen LogP contribution is 2.35. The monoisotopic (exact) mass is 328 g/mol. The number of hydrogen-bond donors (Lipinski definition) is 0. The van der Waals surface area contributed by atoms with Crippen molar-refractivity contribution in [1.29, 1.82) is 0 Å². The lowest BCUT2D eigenvalue weighted by Gasteiger charge is -2.08. The molecule has 0 fully saturated rings. The van der Waals surface area contributed by atoms with Crippen LogP contribution in [0.15, 0.2) is 42.5 Å². The van der Waals surface area contributed by atoms with Crippen molar-refractivity contribution in [3.8, 4) is 23.0 Å². The van der Waals surface area contributed by atoms with Gasteiger partial charge in [-0.2, -0.15) is 0 Å². The summed E-state index contributed by atoms with van der Waals surface area (Å²) in [5.41, 5.74) is 0.618. The maximum absolute atomic E-state index is 11.8. The van der Waals surface area contributed by atoms with Gasteiger partial charge in [0.15, 0.2) is 23.9 Å². The first-order valence-electron chi connectivity index (χ1n) is 7.52. The zero-order valence-corrected chi connectivity index (χ0v) is 13.1. The zero-order chi connectivity index (χ0) is 16.9. The molecule has 0 bridgehead atoms. The van der Waals surface area contributed by atoms with Crippen LogP contribution in [0.2, 0.25) is 0 Å². The lowest BCUT2D eigenvalue weighted by molar-refractivity contribution is -0.136. The minimum absolute atomic E-state index is 0.0590. The summed E-state index contributed by atoms with van der Waals surface area (Å²) in [6.45, 7) is 1.72. The second kappa shape index (κ2) is 7.04. The van der Waals surface area contributed by atoms with Gasteiger partial charge in [-0.05, 0) is 36.4 Å². The number of fused-ring (bicyclic) bond motifs is 1. The number of hydrogen-bond acceptors (Lipinski definition) is 6. The minimum atomic E-state index is -0.539. The predicted octanol–water partition coefficient (Wildman–Crippen LogP) is 2.99. The van der Waals surface area contributed by atoms with Gasteiger partial charge < -0.3 is 18.9 Å². The highest BCUT2D eigenvalue weighted by atomic mass is 16.7. The van der Waals surface area contributed by atoms with E-state index >= 15 is 0 Å². The van der Waals surface area contributed by atoms with Crippen LogP contribution in [-0.4, -0.2) is 25.2 Å². The Kier molecular flexibility index (Phi) is 4.65. The van der Waals surface area contributed by atoms with E-state index in [1.807, 2.05) is 0 Å². The molecule has 6 nitrogen and oxygen atoms in total. The summed E-state index contributed by atoms with van der Waals surface area (Å²) in [6.07, 6.45) is 0.446. The van der Waals surface area contributed by atoms with E-state index in [4.69, 9.17) is 18.9 Å². The Bertz CT molecular complexity index is 751. The van der Waals surface area contributed by atoms with Crippen LogP contribution in [0.4, 0.5) is 0 Å². The zero-order valence-electron chi connectivity index (χ0n) is 13.1. The molecular formula is C18H16O6. The number of carbonyl (C=O) groups excluding carboxylic acids is 2. The third-order valence-electron chi connectivity index (χ3n) is 3.43. The Morgan fingerprint density at radius 3 is 2.46 bits per heavy atom. The normalized spacial score (nSPS) is 11.9. The summed E-state index contributed by atoms with van der Waals surface area (Å²) in [4.78, 5) is 23.4. The lowest BCUT2D eigenvalue weighted by atomic mass is 10.1. The molecule has 0 spiro atoms. The van der Waals surface area contributed by atoms with E-state index in [9.17, 15) is 9.59 Å². The Labute approximate surface area is 138 Å². The molecule has 124 valence electrons. The van der Waals surface area contributed by atoms with Gasteiger partial charge in [0.25, 0.3) is 0 Å². The molecule has 6 heteroatoms. The molecule has 0 unspecified atom stereocenters. The average Bonchev–Trinajstić information content (AvgIpc) is 3.07. The van der Waals surface area contributed by atoms with E-state index < -0.39 is 5.97 Å². The number of benzene rings is 2. The second-order valence-corrected chi connectivity index (χ2v) is 5.08. The molecule has 0 saturated heterocycles. The molecule has 1 aliphatic heterocycles. The van der Waals surface area contributed by atoms with Crippen molar-refractivity contribution in [2.45, 2.75) is 13.3 Å². The summed E-state index contributed by atoms with van der Waals surface area (Å²) < 4.78 is 21.0. The van der Waals surface area contributed by atoms with Gasteiger partial charge in [0.05, 0.1) is 0 Å². The van der Waals surface area contributed by atoms with Crippen LogP contribution in [0.1, 0.15) is 23.7 Å². The minimum Gasteiger partial charge on any atom is -0.482 e. The molecule has 2 aromatic rings. The summed E-state index contributed by atoms with van der Waals surface area (Å²) in [7, 11) is 0. The van der Waals surface area contributed by atoms with Gasteiger partial charge in [-0.1, -0.05) is 6.92 Å². The van der Waals surface area contributed by atoms with Crippen LogP contribution in [0.25, 0.3) is 0 Å². The van der Waals surface area contributed by atoms with Crippen molar-refractivity contribution < 1.29 is 28.5 Å². The molecule has 1 aliphatic rings. The van der Waals surface area contributed by atoms with Crippen LogP contribution in [0, 0.1) is 0 Å². The van der Waals surface area contributed by atoms with Crippen molar-refractivity contribution in [2.24, 2.45) is 0 Å². The maximum atomic E-state index is 11.8. The topological polar surface area (TPSA) is 71.1 Å². The van der Waals surface area contributed by atoms with E-state index in [2.05, 4.69) is 0 Å². The molecule has 24 heavy (non-hydrogen) atoms. The molecule has 0 amide bonds. The maximum Gasteiger partial charge on any atom is 0.349 e. The van der Waals surface area contributed by atoms with Crippen molar-refractivity contribution in [3.05, 3.63) is 48.0 Å². The highest BCUT2D eigenvalue weighted by molar-refractivity contribution is 5.95. The smallest absolute Gasteiger partial charge is 0.349 e. The van der Waals surface area contributed by atoms with Crippen molar-refractivity contribution >= 4 is 11.8 Å². The number of rotatable bonds is 6. The fourth-order valence-electron chi connectivity index (χ4n) is 2.18. The first kappa shape index (κ1) is 15.9. The quantitative estimate of drug-likeness (QED) is 0.461. The number of carbonyl (C=O) groups is 2. The predicted molar refractivity (Wildman–Crippen MR) is 84.8 cm³/mol. The number of ketones is 1. The van der Waals surface area contributed by atoms with Crippen LogP contribution in [0.3, 0.4) is 0 Å². The molecule has 0 atom stereocenters. The van der Waals surface area contributed by atoms with Gasteiger partial charge in [-0.15, -0.1) is 0 Å². The molecule has 0 aromatic heterocycles. The Hall–Kier alpha value is -3.02. The SMILES string of the molecule is CCC(=O)c1ccc(OCC(=O)Oc2ccc3c(c2)OCO3)cc1. The summed E-state index contributed by atoms with van der Waals surface area (Å²) in [6, 6.07) is 11.5. The molecule has 2 aromatic carbocycles. The molecule has 1 heterocycles. The van der Waals surface area contributed by atoms with Crippen molar-refractivity contribution in [1.82, 2.24) is 0 Å². The third-order valence-corrected chi connectivity index (χ3v) is 3.43. The van der Waals surface area contributed by atoms with Crippen LogP contribution in [0.5, 0.6) is 23.0 Å². The fraction of sp³-hybridized carbons (Fsp3) is 0.222. The van der Waals surface area contributed by atoms with Crippen LogP contribution >= 0.6 is 0 Å². The van der Waals surface area contributed by atoms with E-state index in [1.54, 1.807) is 49.4 Å². The standard InChI is InChI=1S/C18H16O6/c1-2-15(19)12-3-5-13(6-4-12)21-10-18(20)24-14-7-8-16-17(9-14)23-11-22-16/h3-9H,2,10-11H2,1H3. The van der Waals surface area contributed by atoms with Gasteiger partial charge >= 0.3 is 5.97 Å². The largest absolute Gasteiger partial charge is 0.482 e. The molecule has 0 N–H and O–H groups in total. The highest BCUT2D eigenvalue weighted by Gasteiger charge is 2.15. The van der Waals surface area contributed by atoms with Gasteiger partial charge in [0.2, 0.25) is 6.79 Å². The number of esters is 1. The molecule has 3 rings (SSSR count). The first-order chi connectivity index (χ1) is 11.7. The Balaban J connectivity index is 1.53. The average molecular weight is 328 g/mol. The van der Waals surface area contributed by atoms with Gasteiger partial charge in [0.1, 0.15) is 11.5 Å². The van der Waals surface area contributed by atoms with E-state index in [0.29, 0.717) is 35.0 Å². The summed E-state index contributed by atoms with van der Waals surface area (Å²) >= 11 is 0. The number of ether oxygens (including phenoxy) is 4. The molecule has 0 saturated carbocycles. The fourth-order valence-corrected chi connectivity index (χ4v) is 2.18. The van der Waals surface area contributed by atoms with E-state index in [1.165, 1.54) is 0 Å². The van der Waals surface area contributed by atoms with Crippen LogP contribution in [-0.2, 0) is 4.79 Å². The number of Topliss-reactive ketones (excluding diaryl/α,β-unsaturated/α-hetero) is 1. The Morgan fingerprint density at radius 2 is 1.71 bits per heavy atom. The van der Waals surface area contributed by atoms with Crippen LogP contribution < -0.4 is 18.9 Å². The van der Waals surface area contributed by atoms with E-state index in [0.717, 1.165) is 0 Å². The second-order valence-electron chi connectivity index (χ2n) is 5.08. The van der Waals surface area contributed by atoms with Crippen molar-refractivity contribution in [3.63, 3.8) is 0 Å². The molecule has 0 radical (unpaired) electrons.